The van der Waals surface area contributed by atoms with Crippen molar-refractivity contribution in [1.82, 2.24) is 25.6 Å². The van der Waals surface area contributed by atoms with Crippen molar-refractivity contribution in [2.75, 3.05) is 20.3 Å². The van der Waals surface area contributed by atoms with E-state index in [0.29, 0.717) is 13.2 Å². The van der Waals surface area contributed by atoms with Crippen LogP contribution in [0.2, 0.25) is 0 Å². The van der Waals surface area contributed by atoms with Crippen molar-refractivity contribution >= 4 is 12.0 Å². The lowest BCUT2D eigenvalue weighted by atomic mass is 9.96. The molecular weight excluding hydrogens is 354 g/mol. The lowest BCUT2D eigenvalue weighted by Gasteiger charge is -2.24. The molecule has 2 saturated heterocycles. The summed E-state index contributed by atoms with van der Waals surface area (Å²) in [6.07, 6.45) is 6.67. The van der Waals surface area contributed by atoms with Crippen LogP contribution in [0.25, 0.3) is 0 Å². The van der Waals surface area contributed by atoms with Gasteiger partial charge in [0, 0.05) is 6.04 Å². The molecule has 4 atom stereocenters. The van der Waals surface area contributed by atoms with E-state index in [9.17, 15) is 9.59 Å². The zero-order valence-electron chi connectivity index (χ0n) is 15.3. The first-order chi connectivity index (χ1) is 13.2. The van der Waals surface area contributed by atoms with Gasteiger partial charge in [-0.05, 0) is 12.8 Å². The average molecular weight is 379 g/mol. The fourth-order valence-electron chi connectivity index (χ4n) is 4.11. The van der Waals surface area contributed by atoms with Crippen LogP contribution in [0.1, 0.15) is 48.6 Å². The smallest absolute Gasteiger partial charge is 0.360 e. The number of esters is 1. The molecule has 148 valence electrons. The van der Waals surface area contributed by atoms with Crippen LogP contribution in [-0.4, -0.2) is 71.6 Å². The first-order valence-corrected chi connectivity index (χ1v) is 9.46. The summed E-state index contributed by atoms with van der Waals surface area (Å²) in [5.41, 5.74) is 0.139. The first-order valence-electron chi connectivity index (χ1n) is 9.46. The third-order valence-electron chi connectivity index (χ3n) is 5.53. The summed E-state index contributed by atoms with van der Waals surface area (Å²) >= 11 is 0. The molecule has 0 radical (unpaired) electrons. The van der Waals surface area contributed by atoms with Crippen LogP contribution in [-0.2, 0) is 14.2 Å². The summed E-state index contributed by atoms with van der Waals surface area (Å²) < 4.78 is 18.0. The molecule has 2 N–H and O–H groups in total. The van der Waals surface area contributed by atoms with E-state index in [0.717, 1.165) is 12.8 Å². The van der Waals surface area contributed by atoms with Crippen LogP contribution >= 0.6 is 0 Å². The van der Waals surface area contributed by atoms with Crippen molar-refractivity contribution in [3.8, 4) is 0 Å². The second-order valence-electron chi connectivity index (χ2n) is 7.30. The highest BCUT2D eigenvalue weighted by Gasteiger charge is 2.49. The Morgan fingerprint density at radius 1 is 1.15 bits per heavy atom. The number of nitrogens with one attached hydrogen (secondary N) is 2. The number of carbonyl (C=O) groups excluding carboxylic acids is 2. The minimum atomic E-state index is -0.539. The molecule has 3 aliphatic rings. The summed E-state index contributed by atoms with van der Waals surface area (Å²) in [5, 5.41) is 13.9. The number of rotatable bonds is 4. The van der Waals surface area contributed by atoms with Gasteiger partial charge in [-0.3, -0.25) is 0 Å². The van der Waals surface area contributed by atoms with Gasteiger partial charge in [0.25, 0.3) is 0 Å². The van der Waals surface area contributed by atoms with E-state index in [-0.39, 0.29) is 42.1 Å². The molecule has 0 bridgehead atoms. The number of fused-ring (bicyclic) bond motifs is 1. The fourth-order valence-corrected chi connectivity index (χ4v) is 4.11. The minimum absolute atomic E-state index is 0.139. The van der Waals surface area contributed by atoms with E-state index in [1.807, 2.05) is 0 Å². The number of hydrogen-bond acceptors (Lipinski definition) is 7. The lowest BCUT2D eigenvalue weighted by molar-refractivity contribution is 0.0592. The summed E-state index contributed by atoms with van der Waals surface area (Å²) in [5.74, 6) is -0.539. The molecule has 2 amide bonds. The van der Waals surface area contributed by atoms with Gasteiger partial charge in [0.2, 0.25) is 0 Å². The molecule has 0 unspecified atom stereocenters. The van der Waals surface area contributed by atoms with Crippen molar-refractivity contribution in [3.05, 3.63) is 11.9 Å². The molecule has 2 aliphatic heterocycles. The molecule has 0 aromatic carbocycles. The van der Waals surface area contributed by atoms with Gasteiger partial charge in [-0.25, -0.2) is 14.3 Å². The molecule has 10 heteroatoms. The molecule has 0 spiro atoms. The second-order valence-corrected chi connectivity index (χ2v) is 7.30. The quantitative estimate of drug-likeness (QED) is 0.728. The third kappa shape index (κ3) is 3.77. The number of methoxy groups -OCH3 is 1. The standard InChI is InChI=1S/C17H25N5O5/c1-25-16(23)11-7-22(21-20-11)13-9-27-14-12(8-26-15(13)14)19-17(24)18-10-5-3-2-4-6-10/h7,10,12-15H,2-6,8-9H2,1H3,(H2,18,19,24)/t12-,13-,14+,15+/m0/s1. The van der Waals surface area contributed by atoms with E-state index in [1.165, 1.54) is 32.6 Å². The Balaban J connectivity index is 1.33. The highest BCUT2D eigenvalue weighted by Crippen LogP contribution is 2.34. The normalized spacial score (nSPS) is 30.7. The molecule has 3 fully saturated rings. The van der Waals surface area contributed by atoms with Crippen LogP contribution in [0.5, 0.6) is 0 Å². The average Bonchev–Trinajstić information content (AvgIpc) is 3.39. The zero-order chi connectivity index (χ0) is 18.8. The Bertz CT molecular complexity index is 689. The summed E-state index contributed by atoms with van der Waals surface area (Å²) in [6, 6.07) is -0.334. The minimum Gasteiger partial charge on any atom is -0.464 e. The summed E-state index contributed by atoms with van der Waals surface area (Å²) in [4.78, 5) is 23.9. The molecule has 1 saturated carbocycles. The molecule has 27 heavy (non-hydrogen) atoms. The fraction of sp³-hybridized carbons (Fsp3) is 0.765. The van der Waals surface area contributed by atoms with E-state index >= 15 is 0 Å². The van der Waals surface area contributed by atoms with Crippen LogP contribution in [0.15, 0.2) is 6.20 Å². The van der Waals surface area contributed by atoms with Crippen molar-refractivity contribution in [3.63, 3.8) is 0 Å². The molecule has 4 rings (SSSR count). The maximum absolute atomic E-state index is 12.3. The van der Waals surface area contributed by atoms with Crippen LogP contribution in [0.4, 0.5) is 4.79 Å². The Morgan fingerprint density at radius 2 is 1.93 bits per heavy atom. The highest BCUT2D eigenvalue weighted by molar-refractivity contribution is 5.86. The number of ether oxygens (including phenoxy) is 3. The van der Waals surface area contributed by atoms with E-state index in [1.54, 1.807) is 4.68 Å². The zero-order valence-corrected chi connectivity index (χ0v) is 15.3. The summed E-state index contributed by atoms with van der Waals surface area (Å²) in [6.45, 7) is 0.754. The Hall–Kier alpha value is -2.20. The van der Waals surface area contributed by atoms with Crippen LogP contribution < -0.4 is 10.6 Å². The van der Waals surface area contributed by atoms with Crippen LogP contribution in [0.3, 0.4) is 0 Å². The lowest BCUT2D eigenvalue weighted by Crippen LogP contribution is -2.50. The van der Waals surface area contributed by atoms with Gasteiger partial charge in [0.05, 0.1) is 32.6 Å². The number of aromatic nitrogens is 3. The van der Waals surface area contributed by atoms with Gasteiger partial charge in [-0.1, -0.05) is 24.5 Å². The second kappa shape index (κ2) is 7.81. The first kappa shape index (κ1) is 18.2. The van der Waals surface area contributed by atoms with Crippen LogP contribution in [0, 0.1) is 0 Å². The number of carbonyl (C=O) groups is 2. The van der Waals surface area contributed by atoms with Gasteiger partial charge in [-0.15, -0.1) is 5.10 Å². The predicted molar refractivity (Wildman–Crippen MR) is 92.2 cm³/mol. The maximum atomic E-state index is 12.3. The van der Waals surface area contributed by atoms with E-state index in [4.69, 9.17) is 9.47 Å². The molecular formula is C17H25N5O5. The van der Waals surface area contributed by atoms with Gasteiger partial charge < -0.3 is 24.8 Å². The molecule has 10 nitrogen and oxygen atoms in total. The molecule has 1 aliphatic carbocycles. The van der Waals surface area contributed by atoms with E-state index in [2.05, 4.69) is 25.7 Å². The SMILES string of the molecule is COC(=O)c1cn([C@H]2CO[C@H]3[C@@H]2OC[C@@H]3NC(=O)NC2CCCCC2)nn1. The topological polar surface area (TPSA) is 117 Å². The molecule has 3 heterocycles. The van der Waals surface area contributed by atoms with Crippen molar-refractivity contribution in [2.45, 2.75) is 62.4 Å². The number of nitrogens with zero attached hydrogens (tertiary/aromatic N) is 3. The van der Waals surface area contributed by atoms with Gasteiger partial charge in [0.15, 0.2) is 5.69 Å². The molecule has 1 aromatic heterocycles. The Labute approximate surface area is 156 Å². The number of urea groups is 1. The van der Waals surface area contributed by atoms with Gasteiger partial charge in [0.1, 0.15) is 18.2 Å². The summed E-state index contributed by atoms with van der Waals surface area (Å²) in [7, 11) is 1.30. The Morgan fingerprint density at radius 3 is 2.70 bits per heavy atom. The van der Waals surface area contributed by atoms with Crippen molar-refractivity contribution in [2.24, 2.45) is 0 Å². The predicted octanol–water partition coefficient (Wildman–Crippen LogP) is 0.404. The van der Waals surface area contributed by atoms with Crippen molar-refractivity contribution < 1.29 is 23.8 Å². The van der Waals surface area contributed by atoms with E-state index < -0.39 is 5.97 Å². The van der Waals surface area contributed by atoms with Gasteiger partial charge in [-0.2, -0.15) is 0 Å². The highest BCUT2D eigenvalue weighted by atomic mass is 16.6. The van der Waals surface area contributed by atoms with Crippen molar-refractivity contribution in [1.29, 1.82) is 0 Å². The molecule has 1 aromatic rings. The maximum Gasteiger partial charge on any atom is 0.360 e. The van der Waals surface area contributed by atoms with Gasteiger partial charge >= 0.3 is 12.0 Å². The third-order valence-corrected chi connectivity index (χ3v) is 5.53. The number of hydrogen-bond donors (Lipinski definition) is 2. The number of amides is 2. The monoisotopic (exact) mass is 379 g/mol. The largest absolute Gasteiger partial charge is 0.464 e. The Kier molecular flexibility index (Phi) is 5.26.